The van der Waals surface area contributed by atoms with Gasteiger partial charge in [0, 0.05) is 6.42 Å². The van der Waals surface area contributed by atoms with Crippen molar-refractivity contribution in [3.8, 4) is 17.2 Å². The smallest absolute Gasteiger partial charge is 0.325 e. The zero-order chi connectivity index (χ0) is 26.7. The van der Waals surface area contributed by atoms with Gasteiger partial charge in [-0.3, -0.25) is 9.59 Å². The number of nitrogens with zero attached hydrogens (tertiary/aromatic N) is 2. The monoisotopic (exact) mass is 511 g/mol. The molecule has 0 bridgehead atoms. The number of esters is 1. The highest BCUT2D eigenvalue weighted by Gasteiger charge is 2.21. The van der Waals surface area contributed by atoms with Gasteiger partial charge in [-0.05, 0) is 49.2 Å². The molecule has 0 fully saturated rings. The first-order valence-electron chi connectivity index (χ1n) is 12.3. The van der Waals surface area contributed by atoms with Crippen LogP contribution in [0.1, 0.15) is 40.1 Å². The van der Waals surface area contributed by atoms with Crippen LogP contribution in [0.5, 0.6) is 17.2 Å². The van der Waals surface area contributed by atoms with Crippen LogP contribution in [0, 0.1) is 6.92 Å². The van der Waals surface area contributed by atoms with Crippen LogP contribution in [0.25, 0.3) is 0 Å². The lowest BCUT2D eigenvalue weighted by atomic mass is 10.1. The predicted molar refractivity (Wildman–Crippen MR) is 142 cm³/mol. The number of amides is 1. The molecule has 194 valence electrons. The predicted octanol–water partition coefficient (Wildman–Crippen LogP) is 5.04. The molecule has 4 aromatic rings. The minimum absolute atomic E-state index is 0.0664. The molecule has 1 N–H and O–H groups in total. The molecule has 1 aromatic heterocycles. The first-order valence-corrected chi connectivity index (χ1v) is 12.3. The number of rotatable bonds is 11. The van der Waals surface area contributed by atoms with Gasteiger partial charge in [0.15, 0.2) is 11.4 Å². The molecule has 0 atom stereocenters. The van der Waals surface area contributed by atoms with E-state index in [9.17, 15) is 9.59 Å². The summed E-state index contributed by atoms with van der Waals surface area (Å²) in [6.45, 7) is 3.67. The van der Waals surface area contributed by atoms with Gasteiger partial charge in [0.25, 0.3) is 5.91 Å². The normalized spacial score (nSPS) is 10.5. The van der Waals surface area contributed by atoms with E-state index in [2.05, 4.69) is 15.3 Å². The molecule has 1 amide bonds. The average molecular weight is 512 g/mol. The number of hydrogen-bond acceptors (Lipinski definition) is 7. The van der Waals surface area contributed by atoms with Gasteiger partial charge >= 0.3 is 5.97 Å². The number of benzene rings is 3. The Morgan fingerprint density at radius 1 is 0.816 bits per heavy atom. The number of hydrogen-bond donors (Lipinski definition) is 1. The molecule has 0 spiro atoms. The molecule has 0 radical (unpaired) electrons. The van der Waals surface area contributed by atoms with E-state index < -0.39 is 11.9 Å². The highest BCUT2D eigenvalue weighted by molar-refractivity contribution is 5.96. The van der Waals surface area contributed by atoms with Gasteiger partial charge in [-0.15, -0.1) is 0 Å². The van der Waals surface area contributed by atoms with E-state index in [-0.39, 0.29) is 31.2 Å². The fraction of sp³-hybridized carbons (Fsp3) is 0.200. The number of nitrogens with one attached hydrogen (secondary N) is 1. The molecule has 3 aromatic carbocycles. The van der Waals surface area contributed by atoms with Gasteiger partial charge < -0.3 is 19.5 Å². The number of ether oxygens (including phenoxy) is 3. The van der Waals surface area contributed by atoms with Gasteiger partial charge in [-0.1, -0.05) is 60.7 Å². The second kappa shape index (κ2) is 13.0. The van der Waals surface area contributed by atoms with Gasteiger partial charge in [-0.25, -0.2) is 9.97 Å². The lowest BCUT2D eigenvalue weighted by Crippen LogP contribution is -2.32. The van der Waals surface area contributed by atoms with Gasteiger partial charge in [0.05, 0.1) is 12.3 Å². The summed E-state index contributed by atoms with van der Waals surface area (Å²) in [5.74, 6) is 1.11. The summed E-state index contributed by atoms with van der Waals surface area (Å²) in [7, 11) is 0. The molecule has 0 saturated carbocycles. The number of aromatic nitrogens is 2. The van der Waals surface area contributed by atoms with E-state index in [1.165, 1.54) is 0 Å². The van der Waals surface area contributed by atoms with Crippen molar-refractivity contribution in [1.82, 2.24) is 15.3 Å². The quantitative estimate of drug-likeness (QED) is 0.282. The zero-order valence-electron chi connectivity index (χ0n) is 21.3. The first-order chi connectivity index (χ1) is 18.5. The van der Waals surface area contributed by atoms with Gasteiger partial charge in [-0.2, -0.15) is 0 Å². The Hall–Kier alpha value is -4.72. The van der Waals surface area contributed by atoms with Crippen LogP contribution in [0.4, 0.5) is 0 Å². The second-order valence-corrected chi connectivity index (χ2v) is 8.40. The molecule has 0 saturated heterocycles. The van der Waals surface area contributed by atoms with Gasteiger partial charge in [0.1, 0.15) is 30.5 Å². The SMILES string of the molecule is CCOC(=O)CNC(=O)c1nc(Cc2ccc(Oc3ccccc3)cc2)nc(C)c1OCc1ccccc1. The van der Waals surface area contributed by atoms with Crippen LogP contribution in [-0.4, -0.2) is 35.0 Å². The summed E-state index contributed by atoms with van der Waals surface area (Å²) in [5.41, 5.74) is 2.47. The molecule has 8 heteroatoms. The molecule has 0 unspecified atom stereocenters. The topological polar surface area (TPSA) is 99.6 Å². The van der Waals surface area contributed by atoms with Crippen molar-refractivity contribution in [3.63, 3.8) is 0 Å². The molecule has 4 rings (SSSR count). The lowest BCUT2D eigenvalue weighted by Gasteiger charge is -2.15. The van der Waals surface area contributed by atoms with Crippen molar-refractivity contribution in [2.45, 2.75) is 26.9 Å². The summed E-state index contributed by atoms with van der Waals surface area (Å²) in [5, 5.41) is 2.57. The van der Waals surface area contributed by atoms with E-state index >= 15 is 0 Å². The van der Waals surface area contributed by atoms with Crippen LogP contribution in [0.2, 0.25) is 0 Å². The highest BCUT2D eigenvalue weighted by Crippen LogP contribution is 2.25. The maximum Gasteiger partial charge on any atom is 0.325 e. The third kappa shape index (κ3) is 7.39. The largest absolute Gasteiger partial charge is 0.485 e. The Morgan fingerprint density at radius 3 is 2.16 bits per heavy atom. The van der Waals surface area contributed by atoms with Crippen molar-refractivity contribution >= 4 is 11.9 Å². The Kier molecular flexibility index (Phi) is 9.02. The molecule has 0 aliphatic rings. The van der Waals surface area contributed by atoms with Crippen molar-refractivity contribution in [1.29, 1.82) is 0 Å². The van der Waals surface area contributed by atoms with Crippen LogP contribution in [0.15, 0.2) is 84.9 Å². The summed E-state index contributed by atoms with van der Waals surface area (Å²) < 4.78 is 16.8. The molecular weight excluding hydrogens is 482 g/mol. The Bertz CT molecular complexity index is 1360. The maximum atomic E-state index is 13.1. The highest BCUT2D eigenvalue weighted by atomic mass is 16.5. The maximum absolute atomic E-state index is 13.1. The minimum Gasteiger partial charge on any atom is -0.485 e. The van der Waals surface area contributed by atoms with E-state index in [0.717, 1.165) is 16.9 Å². The van der Waals surface area contributed by atoms with Crippen LogP contribution in [-0.2, 0) is 22.6 Å². The molecular formula is C30H29N3O5. The third-order valence-electron chi connectivity index (χ3n) is 5.49. The number of carbonyl (C=O) groups is 2. The van der Waals surface area contributed by atoms with Crippen LogP contribution in [0.3, 0.4) is 0 Å². The fourth-order valence-electron chi connectivity index (χ4n) is 3.69. The molecule has 38 heavy (non-hydrogen) atoms. The van der Waals surface area contributed by atoms with Gasteiger partial charge in [0.2, 0.25) is 0 Å². The van der Waals surface area contributed by atoms with Crippen molar-refractivity contribution in [2.24, 2.45) is 0 Å². The first kappa shape index (κ1) is 26.3. The fourth-order valence-corrected chi connectivity index (χ4v) is 3.69. The van der Waals surface area contributed by atoms with Crippen molar-refractivity contribution < 1.29 is 23.8 Å². The number of para-hydroxylation sites is 1. The average Bonchev–Trinajstić information content (AvgIpc) is 2.93. The van der Waals surface area contributed by atoms with E-state index in [1.54, 1.807) is 13.8 Å². The summed E-state index contributed by atoms with van der Waals surface area (Å²) in [6.07, 6.45) is 0.392. The van der Waals surface area contributed by atoms with Crippen molar-refractivity contribution in [3.05, 3.63) is 113 Å². The third-order valence-corrected chi connectivity index (χ3v) is 5.49. The summed E-state index contributed by atoms with van der Waals surface area (Å²) in [4.78, 5) is 34.0. The molecule has 0 aliphatic carbocycles. The Balaban J connectivity index is 1.53. The Morgan fingerprint density at radius 2 is 1.47 bits per heavy atom. The van der Waals surface area contributed by atoms with E-state index in [4.69, 9.17) is 14.2 Å². The molecule has 8 nitrogen and oxygen atoms in total. The number of aryl methyl sites for hydroxylation is 1. The lowest BCUT2D eigenvalue weighted by molar-refractivity contribution is -0.141. The molecule has 1 heterocycles. The van der Waals surface area contributed by atoms with Crippen LogP contribution >= 0.6 is 0 Å². The molecule has 0 aliphatic heterocycles. The van der Waals surface area contributed by atoms with Crippen LogP contribution < -0.4 is 14.8 Å². The second-order valence-electron chi connectivity index (χ2n) is 8.40. The van der Waals surface area contributed by atoms with Crippen molar-refractivity contribution in [2.75, 3.05) is 13.2 Å². The minimum atomic E-state index is -0.542. The summed E-state index contributed by atoms with van der Waals surface area (Å²) >= 11 is 0. The zero-order valence-corrected chi connectivity index (χ0v) is 21.3. The standard InChI is InChI=1S/C30H29N3O5/c1-3-36-27(34)19-31-30(35)28-29(37-20-23-10-6-4-7-11-23)21(2)32-26(33-28)18-22-14-16-25(17-15-22)38-24-12-8-5-9-13-24/h4-17H,3,18-20H2,1-2H3,(H,31,35). The summed E-state index contributed by atoms with van der Waals surface area (Å²) in [6, 6.07) is 26.7. The van der Waals surface area contributed by atoms with E-state index in [1.807, 2.05) is 84.9 Å². The van der Waals surface area contributed by atoms with E-state index in [0.29, 0.717) is 23.7 Å². The Labute approximate surface area is 221 Å². The number of carbonyl (C=O) groups excluding carboxylic acids is 2.